The standard InChI is InChI=1S/C13H15NO/c1-8-4-5-12-11(7-15)6-9(2)14-13(12)10(8)3/h4-6,15H,7H2,1-3H3. The molecule has 0 unspecified atom stereocenters. The molecule has 2 rings (SSSR count). The van der Waals surface area contributed by atoms with Crippen molar-refractivity contribution in [3.8, 4) is 0 Å². The zero-order valence-corrected chi connectivity index (χ0v) is 9.33. The molecule has 0 aliphatic carbocycles. The first-order valence-corrected chi connectivity index (χ1v) is 5.11. The van der Waals surface area contributed by atoms with Crippen molar-refractivity contribution < 1.29 is 5.11 Å². The van der Waals surface area contributed by atoms with Crippen molar-refractivity contribution in [2.24, 2.45) is 0 Å². The van der Waals surface area contributed by atoms with Crippen molar-refractivity contribution in [1.29, 1.82) is 0 Å². The highest BCUT2D eigenvalue weighted by Gasteiger charge is 2.06. The number of hydrogen-bond donors (Lipinski definition) is 1. The molecule has 0 bridgehead atoms. The van der Waals surface area contributed by atoms with E-state index in [2.05, 4.69) is 24.9 Å². The minimum absolute atomic E-state index is 0.0718. The van der Waals surface area contributed by atoms with E-state index in [0.717, 1.165) is 22.2 Å². The maximum atomic E-state index is 9.29. The summed E-state index contributed by atoms with van der Waals surface area (Å²) < 4.78 is 0. The number of benzene rings is 1. The third-order valence-corrected chi connectivity index (χ3v) is 2.89. The molecule has 0 saturated carbocycles. The Morgan fingerprint density at radius 2 is 1.93 bits per heavy atom. The van der Waals surface area contributed by atoms with Crippen LogP contribution in [-0.4, -0.2) is 10.1 Å². The molecule has 0 amide bonds. The normalized spacial score (nSPS) is 10.9. The Balaban J connectivity index is 2.89. The quantitative estimate of drug-likeness (QED) is 0.769. The van der Waals surface area contributed by atoms with Crippen molar-refractivity contribution >= 4 is 10.9 Å². The zero-order chi connectivity index (χ0) is 11.0. The Morgan fingerprint density at radius 1 is 1.20 bits per heavy atom. The number of aromatic nitrogens is 1. The number of aliphatic hydroxyl groups is 1. The molecule has 2 heteroatoms. The summed E-state index contributed by atoms with van der Waals surface area (Å²) in [5, 5.41) is 10.4. The fraction of sp³-hybridized carbons (Fsp3) is 0.308. The molecule has 0 atom stereocenters. The van der Waals surface area contributed by atoms with Crippen LogP contribution in [0.1, 0.15) is 22.4 Å². The van der Waals surface area contributed by atoms with Crippen LogP contribution in [0.25, 0.3) is 10.9 Å². The third kappa shape index (κ3) is 1.61. The highest BCUT2D eigenvalue weighted by Crippen LogP contribution is 2.23. The van der Waals surface area contributed by atoms with Crippen molar-refractivity contribution in [2.45, 2.75) is 27.4 Å². The molecular formula is C13H15NO. The second-order valence-electron chi connectivity index (χ2n) is 3.98. The highest BCUT2D eigenvalue weighted by atomic mass is 16.3. The van der Waals surface area contributed by atoms with Crippen LogP contribution in [0, 0.1) is 20.8 Å². The van der Waals surface area contributed by atoms with Gasteiger partial charge in [-0.2, -0.15) is 0 Å². The van der Waals surface area contributed by atoms with Gasteiger partial charge in [-0.15, -0.1) is 0 Å². The van der Waals surface area contributed by atoms with E-state index in [1.54, 1.807) is 0 Å². The van der Waals surface area contributed by atoms with E-state index in [9.17, 15) is 5.11 Å². The van der Waals surface area contributed by atoms with Crippen LogP contribution in [0.3, 0.4) is 0 Å². The number of aliphatic hydroxyl groups excluding tert-OH is 1. The van der Waals surface area contributed by atoms with Gasteiger partial charge in [0.15, 0.2) is 0 Å². The lowest BCUT2D eigenvalue weighted by atomic mass is 10.0. The average Bonchev–Trinajstić information content (AvgIpc) is 2.23. The number of pyridine rings is 1. The molecule has 0 aliphatic rings. The number of nitrogens with zero attached hydrogens (tertiary/aromatic N) is 1. The van der Waals surface area contributed by atoms with E-state index in [4.69, 9.17) is 0 Å². The second-order valence-corrected chi connectivity index (χ2v) is 3.98. The van der Waals surface area contributed by atoms with Gasteiger partial charge in [-0.1, -0.05) is 12.1 Å². The van der Waals surface area contributed by atoms with Crippen LogP contribution in [0.15, 0.2) is 18.2 Å². The Kier molecular flexibility index (Phi) is 2.45. The molecule has 0 saturated heterocycles. The molecule has 0 fully saturated rings. The van der Waals surface area contributed by atoms with Crippen LogP contribution in [0.5, 0.6) is 0 Å². The first-order valence-electron chi connectivity index (χ1n) is 5.11. The number of rotatable bonds is 1. The Hall–Kier alpha value is -1.41. The van der Waals surface area contributed by atoms with E-state index < -0.39 is 0 Å². The van der Waals surface area contributed by atoms with E-state index in [1.807, 2.05) is 19.1 Å². The summed E-state index contributed by atoms with van der Waals surface area (Å²) in [5.74, 6) is 0. The van der Waals surface area contributed by atoms with Crippen LogP contribution >= 0.6 is 0 Å². The molecule has 1 aromatic heterocycles. The van der Waals surface area contributed by atoms with E-state index in [0.29, 0.717) is 0 Å². The summed E-state index contributed by atoms with van der Waals surface area (Å²) in [6, 6.07) is 6.06. The number of hydrogen-bond acceptors (Lipinski definition) is 2. The third-order valence-electron chi connectivity index (χ3n) is 2.89. The fourth-order valence-electron chi connectivity index (χ4n) is 1.87. The highest BCUT2D eigenvalue weighted by molar-refractivity contribution is 5.86. The van der Waals surface area contributed by atoms with Gasteiger partial charge in [0.25, 0.3) is 0 Å². The number of fused-ring (bicyclic) bond motifs is 1. The molecular weight excluding hydrogens is 186 g/mol. The Morgan fingerprint density at radius 3 is 2.60 bits per heavy atom. The predicted octanol–water partition coefficient (Wildman–Crippen LogP) is 2.65. The van der Waals surface area contributed by atoms with Gasteiger partial charge in [0.05, 0.1) is 12.1 Å². The summed E-state index contributed by atoms with van der Waals surface area (Å²) >= 11 is 0. The summed E-state index contributed by atoms with van der Waals surface area (Å²) in [4.78, 5) is 4.53. The van der Waals surface area contributed by atoms with Gasteiger partial charge in [0.1, 0.15) is 0 Å². The topological polar surface area (TPSA) is 33.1 Å². The van der Waals surface area contributed by atoms with Gasteiger partial charge >= 0.3 is 0 Å². The van der Waals surface area contributed by atoms with Crippen LogP contribution in [0.2, 0.25) is 0 Å². The molecule has 0 aliphatic heterocycles. The lowest BCUT2D eigenvalue weighted by Gasteiger charge is -2.09. The maximum Gasteiger partial charge on any atom is 0.0740 e. The largest absolute Gasteiger partial charge is 0.392 e. The maximum absolute atomic E-state index is 9.29. The molecule has 15 heavy (non-hydrogen) atoms. The van der Waals surface area contributed by atoms with Gasteiger partial charge in [0, 0.05) is 11.1 Å². The zero-order valence-electron chi connectivity index (χ0n) is 9.33. The first-order chi connectivity index (χ1) is 7.13. The Labute approximate surface area is 89.6 Å². The van der Waals surface area contributed by atoms with Crippen LogP contribution < -0.4 is 0 Å². The molecule has 1 N–H and O–H groups in total. The molecule has 1 aromatic carbocycles. The fourth-order valence-corrected chi connectivity index (χ4v) is 1.87. The monoisotopic (exact) mass is 201 g/mol. The lowest BCUT2D eigenvalue weighted by Crippen LogP contribution is -1.95. The van der Waals surface area contributed by atoms with Crippen LogP contribution in [0.4, 0.5) is 0 Å². The molecule has 78 valence electrons. The molecule has 0 spiro atoms. The van der Waals surface area contributed by atoms with Gasteiger partial charge in [-0.25, -0.2) is 0 Å². The second kappa shape index (κ2) is 3.63. The SMILES string of the molecule is Cc1cc(CO)c2ccc(C)c(C)c2n1. The van der Waals surface area contributed by atoms with E-state index in [1.165, 1.54) is 11.1 Å². The summed E-state index contributed by atoms with van der Waals surface area (Å²) in [7, 11) is 0. The minimum atomic E-state index is 0.0718. The van der Waals surface area contributed by atoms with Gasteiger partial charge < -0.3 is 5.11 Å². The lowest BCUT2D eigenvalue weighted by molar-refractivity contribution is 0.283. The molecule has 2 aromatic rings. The number of aryl methyl sites for hydroxylation is 3. The van der Waals surface area contributed by atoms with Crippen molar-refractivity contribution in [3.63, 3.8) is 0 Å². The van der Waals surface area contributed by atoms with Crippen molar-refractivity contribution in [1.82, 2.24) is 4.98 Å². The Bertz CT molecular complexity index is 517. The van der Waals surface area contributed by atoms with E-state index in [-0.39, 0.29) is 6.61 Å². The van der Waals surface area contributed by atoms with Gasteiger partial charge in [-0.3, -0.25) is 4.98 Å². The molecule has 0 radical (unpaired) electrons. The van der Waals surface area contributed by atoms with Gasteiger partial charge in [-0.05, 0) is 43.5 Å². The van der Waals surface area contributed by atoms with E-state index >= 15 is 0 Å². The summed E-state index contributed by atoms with van der Waals surface area (Å²) in [6.45, 7) is 6.19. The summed E-state index contributed by atoms with van der Waals surface area (Å²) in [6.07, 6.45) is 0. The predicted molar refractivity (Wildman–Crippen MR) is 61.9 cm³/mol. The summed E-state index contributed by atoms with van der Waals surface area (Å²) in [5.41, 5.74) is 5.37. The van der Waals surface area contributed by atoms with Crippen LogP contribution in [-0.2, 0) is 6.61 Å². The molecule has 2 nitrogen and oxygen atoms in total. The van der Waals surface area contributed by atoms with Gasteiger partial charge in [0.2, 0.25) is 0 Å². The molecule has 1 heterocycles. The van der Waals surface area contributed by atoms with Crippen molar-refractivity contribution in [2.75, 3.05) is 0 Å². The smallest absolute Gasteiger partial charge is 0.0740 e. The average molecular weight is 201 g/mol. The first kappa shape index (κ1) is 10.1. The van der Waals surface area contributed by atoms with Crippen molar-refractivity contribution in [3.05, 3.63) is 40.6 Å². The minimum Gasteiger partial charge on any atom is -0.392 e.